The van der Waals surface area contributed by atoms with Crippen molar-refractivity contribution in [2.45, 2.75) is 32.1 Å². The van der Waals surface area contributed by atoms with Gasteiger partial charge in [-0.05, 0) is 56.0 Å². The summed E-state index contributed by atoms with van der Waals surface area (Å²) in [6.07, 6.45) is 3.83. The first-order valence-corrected chi connectivity index (χ1v) is 7.63. The zero-order valence-electron chi connectivity index (χ0n) is 11.3. The Morgan fingerprint density at radius 3 is 3.11 bits per heavy atom. The van der Waals surface area contributed by atoms with Crippen LogP contribution in [0, 0.1) is 6.92 Å². The minimum absolute atomic E-state index is 0.692. The molecule has 100 valence electrons. The third kappa shape index (κ3) is 1.81. The molecular weight excluding hydrogens is 256 g/mol. The molecule has 3 heteroatoms. The molecular formula is C16H19ClN2. The number of hydrogen-bond acceptors (Lipinski definition) is 1. The summed E-state index contributed by atoms with van der Waals surface area (Å²) < 4.78 is 0. The van der Waals surface area contributed by atoms with Gasteiger partial charge < -0.3 is 9.88 Å². The third-order valence-corrected chi connectivity index (χ3v) is 5.22. The first-order valence-electron chi connectivity index (χ1n) is 7.25. The lowest BCUT2D eigenvalue weighted by Crippen LogP contribution is -2.33. The minimum Gasteiger partial charge on any atom is -0.358 e. The average molecular weight is 275 g/mol. The monoisotopic (exact) mass is 274 g/mol. The zero-order chi connectivity index (χ0) is 13.0. The molecule has 2 unspecified atom stereocenters. The van der Waals surface area contributed by atoms with E-state index >= 15 is 0 Å². The van der Waals surface area contributed by atoms with Gasteiger partial charge in [-0.2, -0.15) is 0 Å². The van der Waals surface area contributed by atoms with E-state index in [1.165, 1.54) is 61.1 Å². The number of nitrogens with one attached hydrogen (secondary N) is 1. The first-order chi connectivity index (χ1) is 9.22. The number of halogens is 1. The van der Waals surface area contributed by atoms with Gasteiger partial charge in [-0.1, -0.05) is 11.6 Å². The highest BCUT2D eigenvalue weighted by Crippen LogP contribution is 2.37. The highest BCUT2D eigenvalue weighted by molar-refractivity contribution is 6.32. The summed E-state index contributed by atoms with van der Waals surface area (Å²) in [5, 5.41) is 2.26. The Morgan fingerprint density at radius 2 is 2.21 bits per heavy atom. The molecule has 0 aliphatic carbocycles. The molecule has 2 aliphatic heterocycles. The maximum atomic E-state index is 6.26. The Morgan fingerprint density at radius 1 is 1.32 bits per heavy atom. The van der Waals surface area contributed by atoms with Crippen LogP contribution in [0.2, 0.25) is 5.02 Å². The number of aromatic nitrogens is 1. The molecule has 3 heterocycles. The molecule has 0 saturated carbocycles. The van der Waals surface area contributed by atoms with Crippen LogP contribution in [-0.2, 0) is 6.42 Å². The van der Waals surface area contributed by atoms with E-state index in [1.54, 1.807) is 5.56 Å². The minimum atomic E-state index is 0.692. The van der Waals surface area contributed by atoms with Crippen molar-refractivity contribution in [3.8, 4) is 0 Å². The van der Waals surface area contributed by atoms with Crippen molar-refractivity contribution in [2.24, 2.45) is 0 Å². The highest BCUT2D eigenvalue weighted by atomic mass is 35.5. The van der Waals surface area contributed by atoms with E-state index in [-0.39, 0.29) is 0 Å². The number of piperidine rings is 1. The number of fused-ring (bicyclic) bond motifs is 6. The van der Waals surface area contributed by atoms with Crippen molar-refractivity contribution in [3.05, 3.63) is 34.0 Å². The molecule has 1 aromatic heterocycles. The summed E-state index contributed by atoms with van der Waals surface area (Å²) in [6.45, 7) is 5.81. The Balaban J connectivity index is 1.92. The molecule has 2 bridgehead atoms. The molecule has 4 rings (SSSR count). The summed E-state index contributed by atoms with van der Waals surface area (Å²) >= 11 is 6.26. The predicted octanol–water partition coefficient (Wildman–Crippen LogP) is 3.87. The lowest BCUT2D eigenvalue weighted by atomic mass is 9.93. The fraction of sp³-hybridized carbons (Fsp3) is 0.500. The number of nitrogens with zero attached hydrogens (tertiary/aromatic N) is 1. The topological polar surface area (TPSA) is 19.0 Å². The van der Waals surface area contributed by atoms with Gasteiger partial charge in [0.25, 0.3) is 0 Å². The largest absolute Gasteiger partial charge is 0.358 e. The quantitative estimate of drug-likeness (QED) is 0.773. The summed E-state index contributed by atoms with van der Waals surface area (Å²) in [5.41, 5.74) is 5.44. The van der Waals surface area contributed by atoms with Gasteiger partial charge in [0.05, 0.1) is 0 Å². The van der Waals surface area contributed by atoms with Gasteiger partial charge in [0, 0.05) is 40.6 Å². The molecule has 0 radical (unpaired) electrons. The molecule has 1 N–H and O–H groups in total. The van der Waals surface area contributed by atoms with Crippen molar-refractivity contribution >= 4 is 22.5 Å². The van der Waals surface area contributed by atoms with Crippen molar-refractivity contribution in [2.75, 3.05) is 19.6 Å². The molecule has 1 aromatic carbocycles. The number of aromatic amines is 1. The van der Waals surface area contributed by atoms with E-state index in [0.29, 0.717) is 5.92 Å². The average Bonchev–Trinajstić information content (AvgIpc) is 2.69. The van der Waals surface area contributed by atoms with Gasteiger partial charge >= 0.3 is 0 Å². The van der Waals surface area contributed by atoms with Crippen LogP contribution < -0.4 is 0 Å². The maximum Gasteiger partial charge on any atom is 0.0474 e. The van der Waals surface area contributed by atoms with Crippen LogP contribution in [0.5, 0.6) is 0 Å². The van der Waals surface area contributed by atoms with Gasteiger partial charge in [0.2, 0.25) is 0 Å². The smallest absolute Gasteiger partial charge is 0.0474 e. The van der Waals surface area contributed by atoms with Crippen LogP contribution in [0.15, 0.2) is 12.1 Å². The second-order valence-electron chi connectivity index (χ2n) is 6.05. The Hall–Kier alpha value is -0.990. The van der Waals surface area contributed by atoms with E-state index in [9.17, 15) is 0 Å². The van der Waals surface area contributed by atoms with Crippen LogP contribution in [0.25, 0.3) is 10.9 Å². The number of H-pyrrole nitrogens is 1. The SMILES string of the molecule is Cc1cc2c3c([nH]c2cc1Cl)C1CCCN(CC3)C1. The molecule has 0 amide bonds. The van der Waals surface area contributed by atoms with Crippen LogP contribution in [-0.4, -0.2) is 29.5 Å². The van der Waals surface area contributed by atoms with Crippen LogP contribution >= 0.6 is 11.6 Å². The fourth-order valence-electron chi connectivity index (χ4n) is 3.78. The van der Waals surface area contributed by atoms with Gasteiger partial charge in [-0.25, -0.2) is 0 Å². The second-order valence-corrected chi connectivity index (χ2v) is 6.46. The summed E-state index contributed by atoms with van der Waals surface area (Å²) in [4.78, 5) is 6.29. The van der Waals surface area contributed by atoms with E-state index in [2.05, 4.69) is 28.9 Å². The lowest BCUT2D eigenvalue weighted by Gasteiger charge is -2.29. The lowest BCUT2D eigenvalue weighted by molar-refractivity contribution is 0.217. The summed E-state index contributed by atoms with van der Waals surface area (Å²) in [7, 11) is 0. The van der Waals surface area contributed by atoms with Crippen molar-refractivity contribution in [1.82, 2.24) is 9.88 Å². The maximum absolute atomic E-state index is 6.26. The van der Waals surface area contributed by atoms with Crippen molar-refractivity contribution in [1.29, 1.82) is 0 Å². The third-order valence-electron chi connectivity index (χ3n) is 4.81. The molecule has 1 saturated heterocycles. The molecule has 0 spiro atoms. The summed E-state index contributed by atoms with van der Waals surface area (Å²) in [5.74, 6) is 0.692. The van der Waals surface area contributed by atoms with Crippen LogP contribution in [0.1, 0.15) is 35.6 Å². The number of aryl methyl sites for hydroxylation is 1. The number of benzene rings is 1. The number of rotatable bonds is 0. The van der Waals surface area contributed by atoms with Crippen molar-refractivity contribution < 1.29 is 0 Å². The predicted molar refractivity (Wildman–Crippen MR) is 80.2 cm³/mol. The fourth-order valence-corrected chi connectivity index (χ4v) is 3.95. The molecule has 19 heavy (non-hydrogen) atoms. The summed E-state index contributed by atoms with van der Waals surface area (Å²) in [6, 6.07) is 4.36. The van der Waals surface area contributed by atoms with E-state index < -0.39 is 0 Å². The molecule has 2 atom stereocenters. The Labute approximate surface area is 118 Å². The van der Waals surface area contributed by atoms with Crippen LogP contribution in [0.4, 0.5) is 0 Å². The normalized spacial score (nSPS) is 26.2. The zero-order valence-corrected chi connectivity index (χ0v) is 12.1. The van der Waals surface area contributed by atoms with Gasteiger partial charge in [0.1, 0.15) is 0 Å². The first kappa shape index (κ1) is 11.8. The van der Waals surface area contributed by atoms with Gasteiger partial charge in [-0.15, -0.1) is 0 Å². The van der Waals surface area contributed by atoms with Crippen molar-refractivity contribution in [3.63, 3.8) is 0 Å². The van der Waals surface area contributed by atoms with Gasteiger partial charge in [-0.3, -0.25) is 0 Å². The molecule has 2 nitrogen and oxygen atoms in total. The molecule has 2 aromatic rings. The van der Waals surface area contributed by atoms with Gasteiger partial charge in [0.15, 0.2) is 0 Å². The molecule has 2 aliphatic rings. The van der Waals surface area contributed by atoms with E-state index in [1.807, 2.05) is 0 Å². The van der Waals surface area contributed by atoms with E-state index in [0.717, 1.165) is 5.02 Å². The highest BCUT2D eigenvalue weighted by Gasteiger charge is 2.29. The second kappa shape index (κ2) is 4.26. The van der Waals surface area contributed by atoms with E-state index in [4.69, 9.17) is 11.6 Å². The number of hydrogen-bond donors (Lipinski definition) is 1. The Kier molecular flexibility index (Phi) is 2.64. The standard InChI is InChI=1S/C16H19ClN2/c1-10-7-13-12-4-6-19-5-2-3-11(9-19)16(12)18-15(13)8-14(10)17/h7-8,11,18H,2-6,9H2,1H3. The van der Waals surface area contributed by atoms with Crippen LogP contribution in [0.3, 0.4) is 0 Å². The Bertz CT molecular complexity index is 644. The molecule has 1 fully saturated rings.